The molecule has 0 unspecified atom stereocenters. The van der Waals surface area contributed by atoms with Crippen LogP contribution >= 0.6 is 0 Å². The first-order chi connectivity index (χ1) is 6.29. The lowest BCUT2D eigenvalue weighted by Crippen LogP contribution is -2.41. The molecule has 3 nitrogen and oxygen atoms in total. The minimum Gasteiger partial charge on any atom is -0.453 e. The fraction of sp³-hybridized carbons (Fsp3) is 0.900. The molecule has 0 N–H and O–H groups in total. The normalized spacial score (nSPS) is 18.3. The highest BCUT2D eigenvalue weighted by Gasteiger charge is 2.24. The van der Waals surface area contributed by atoms with Crippen LogP contribution in [0.25, 0.3) is 0 Å². The molecule has 3 heteroatoms. The van der Waals surface area contributed by atoms with Gasteiger partial charge in [-0.05, 0) is 19.8 Å². The van der Waals surface area contributed by atoms with Crippen molar-refractivity contribution in [2.24, 2.45) is 0 Å². The van der Waals surface area contributed by atoms with Crippen molar-refractivity contribution in [3.05, 3.63) is 0 Å². The summed E-state index contributed by atoms with van der Waals surface area (Å²) in [7, 11) is 1.45. The van der Waals surface area contributed by atoms with Crippen molar-refractivity contribution in [3.63, 3.8) is 0 Å². The summed E-state index contributed by atoms with van der Waals surface area (Å²) in [5.74, 6) is 0. The van der Waals surface area contributed by atoms with E-state index >= 15 is 0 Å². The van der Waals surface area contributed by atoms with Crippen LogP contribution in [0, 0.1) is 0 Å². The molecule has 0 spiro atoms. The summed E-state index contributed by atoms with van der Waals surface area (Å²) in [6.45, 7) is 2.77. The van der Waals surface area contributed by atoms with Crippen LogP contribution in [0.4, 0.5) is 4.79 Å². The Morgan fingerprint density at radius 2 is 2.00 bits per heavy atom. The third-order valence-electron chi connectivity index (χ3n) is 2.77. The molecule has 0 atom stereocenters. The molecule has 0 aliphatic heterocycles. The number of rotatable bonds is 2. The molecule has 1 aliphatic carbocycles. The fourth-order valence-corrected chi connectivity index (χ4v) is 2.05. The van der Waals surface area contributed by atoms with Crippen LogP contribution in [0.3, 0.4) is 0 Å². The second kappa shape index (κ2) is 5.10. The van der Waals surface area contributed by atoms with E-state index in [1.165, 1.54) is 26.4 Å². The van der Waals surface area contributed by atoms with Crippen LogP contribution in [0.1, 0.15) is 39.0 Å². The molecule has 0 saturated heterocycles. The molecular weight excluding hydrogens is 166 g/mol. The fourth-order valence-electron chi connectivity index (χ4n) is 2.05. The molecule has 1 fully saturated rings. The van der Waals surface area contributed by atoms with Gasteiger partial charge in [0.05, 0.1) is 7.11 Å². The monoisotopic (exact) mass is 185 g/mol. The Balaban J connectivity index is 2.48. The lowest BCUT2D eigenvalue weighted by molar-refractivity contribution is 0.0968. The van der Waals surface area contributed by atoms with Gasteiger partial charge in [0.1, 0.15) is 0 Å². The summed E-state index contributed by atoms with van der Waals surface area (Å²) in [4.78, 5) is 13.2. The number of ether oxygens (including phenoxy) is 1. The van der Waals surface area contributed by atoms with Gasteiger partial charge in [-0.2, -0.15) is 0 Å². The molecule has 1 rings (SSSR count). The van der Waals surface area contributed by atoms with Crippen LogP contribution in [0.5, 0.6) is 0 Å². The van der Waals surface area contributed by atoms with Crippen molar-refractivity contribution >= 4 is 6.09 Å². The molecule has 0 aromatic heterocycles. The number of carbonyl (C=O) groups is 1. The number of methoxy groups -OCH3 is 1. The summed E-state index contributed by atoms with van der Waals surface area (Å²) in [6.07, 6.45) is 5.92. The molecule has 76 valence electrons. The van der Waals surface area contributed by atoms with E-state index < -0.39 is 0 Å². The highest BCUT2D eigenvalue weighted by molar-refractivity contribution is 5.67. The first-order valence-corrected chi connectivity index (χ1v) is 5.14. The van der Waals surface area contributed by atoms with Gasteiger partial charge in [0.25, 0.3) is 0 Å². The average molecular weight is 185 g/mol. The van der Waals surface area contributed by atoms with E-state index in [1.807, 2.05) is 11.8 Å². The zero-order valence-corrected chi connectivity index (χ0v) is 8.58. The van der Waals surface area contributed by atoms with Crippen LogP contribution < -0.4 is 0 Å². The minimum absolute atomic E-state index is 0.172. The van der Waals surface area contributed by atoms with E-state index in [1.54, 1.807) is 0 Å². The second-order valence-electron chi connectivity index (χ2n) is 3.55. The van der Waals surface area contributed by atoms with Crippen molar-refractivity contribution < 1.29 is 9.53 Å². The number of amides is 1. The molecule has 0 radical (unpaired) electrons. The number of hydrogen-bond acceptors (Lipinski definition) is 2. The molecule has 0 aromatic carbocycles. The molecule has 13 heavy (non-hydrogen) atoms. The van der Waals surface area contributed by atoms with Gasteiger partial charge < -0.3 is 9.64 Å². The van der Waals surface area contributed by atoms with Crippen molar-refractivity contribution in [1.29, 1.82) is 0 Å². The molecular formula is C10H19NO2. The van der Waals surface area contributed by atoms with Gasteiger partial charge >= 0.3 is 6.09 Å². The van der Waals surface area contributed by atoms with E-state index in [9.17, 15) is 4.79 Å². The molecule has 0 heterocycles. The molecule has 1 aliphatic rings. The van der Waals surface area contributed by atoms with Crippen molar-refractivity contribution in [2.45, 2.75) is 45.1 Å². The first-order valence-electron chi connectivity index (χ1n) is 5.14. The van der Waals surface area contributed by atoms with Gasteiger partial charge in [-0.25, -0.2) is 4.79 Å². The Bertz CT molecular complexity index is 164. The lowest BCUT2D eigenvalue weighted by atomic mass is 9.94. The molecule has 1 amide bonds. The van der Waals surface area contributed by atoms with Crippen LogP contribution in [0.15, 0.2) is 0 Å². The van der Waals surface area contributed by atoms with Gasteiger partial charge in [-0.3, -0.25) is 0 Å². The van der Waals surface area contributed by atoms with Crippen LogP contribution in [0.2, 0.25) is 0 Å². The van der Waals surface area contributed by atoms with E-state index in [2.05, 4.69) is 0 Å². The maximum absolute atomic E-state index is 11.3. The van der Waals surface area contributed by atoms with Crippen LogP contribution in [-0.4, -0.2) is 30.7 Å². The zero-order valence-electron chi connectivity index (χ0n) is 8.58. The summed E-state index contributed by atoms with van der Waals surface area (Å²) < 4.78 is 4.74. The lowest BCUT2D eigenvalue weighted by Gasteiger charge is -2.32. The number of nitrogens with zero attached hydrogens (tertiary/aromatic N) is 1. The van der Waals surface area contributed by atoms with E-state index in [0.29, 0.717) is 6.04 Å². The van der Waals surface area contributed by atoms with Crippen molar-refractivity contribution in [1.82, 2.24) is 4.90 Å². The highest BCUT2D eigenvalue weighted by Crippen LogP contribution is 2.22. The standard InChI is InChI=1S/C10H19NO2/c1-3-11(10(12)13-2)9-7-5-4-6-8-9/h9H,3-8H2,1-2H3. The highest BCUT2D eigenvalue weighted by atomic mass is 16.5. The zero-order chi connectivity index (χ0) is 9.68. The Kier molecular flexibility index (Phi) is 4.06. The Morgan fingerprint density at radius 1 is 1.38 bits per heavy atom. The van der Waals surface area contributed by atoms with Gasteiger partial charge in [-0.15, -0.1) is 0 Å². The van der Waals surface area contributed by atoms with Crippen molar-refractivity contribution in [3.8, 4) is 0 Å². The summed E-state index contributed by atoms with van der Waals surface area (Å²) in [5.41, 5.74) is 0. The second-order valence-corrected chi connectivity index (χ2v) is 3.55. The maximum Gasteiger partial charge on any atom is 0.409 e. The number of carbonyl (C=O) groups excluding carboxylic acids is 1. The molecule has 0 aromatic rings. The third kappa shape index (κ3) is 2.61. The average Bonchev–Trinajstić information content (AvgIpc) is 2.20. The third-order valence-corrected chi connectivity index (χ3v) is 2.77. The first kappa shape index (κ1) is 10.4. The summed E-state index contributed by atoms with van der Waals surface area (Å²) in [6, 6.07) is 0.422. The Hall–Kier alpha value is -0.730. The van der Waals surface area contributed by atoms with Gasteiger partial charge in [0.15, 0.2) is 0 Å². The van der Waals surface area contributed by atoms with E-state index in [4.69, 9.17) is 4.74 Å². The molecule has 0 bridgehead atoms. The van der Waals surface area contributed by atoms with Crippen LogP contribution in [-0.2, 0) is 4.74 Å². The van der Waals surface area contributed by atoms with Gasteiger partial charge in [0, 0.05) is 12.6 Å². The van der Waals surface area contributed by atoms with Gasteiger partial charge in [-0.1, -0.05) is 19.3 Å². The summed E-state index contributed by atoms with van der Waals surface area (Å²) >= 11 is 0. The number of hydrogen-bond donors (Lipinski definition) is 0. The Morgan fingerprint density at radius 3 is 2.46 bits per heavy atom. The van der Waals surface area contributed by atoms with Crippen molar-refractivity contribution in [2.75, 3.05) is 13.7 Å². The Labute approximate surface area is 80.1 Å². The van der Waals surface area contributed by atoms with Gasteiger partial charge in [0.2, 0.25) is 0 Å². The summed E-state index contributed by atoms with van der Waals surface area (Å²) in [5, 5.41) is 0. The van der Waals surface area contributed by atoms with E-state index in [0.717, 1.165) is 19.4 Å². The quantitative estimate of drug-likeness (QED) is 0.661. The largest absolute Gasteiger partial charge is 0.453 e. The topological polar surface area (TPSA) is 29.5 Å². The SMILES string of the molecule is CCN(C(=O)OC)C1CCCCC1. The smallest absolute Gasteiger partial charge is 0.409 e. The predicted octanol–water partition coefficient (Wildman–Crippen LogP) is 2.41. The van der Waals surface area contributed by atoms with E-state index in [-0.39, 0.29) is 6.09 Å². The maximum atomic E-state index is 11.3. The molecule has 1 saturated carbocycles. The minimum atomic E-state index is -0.172. The predicted molar refractivity (Wildman–Crippen MR) is 51.7 cm³/mol.